The highest BCUT2D eigenvalue weighted by atomic mass is 32.1. The van der Waals surface area contributed by atoms with Crippen LogP contribution in [-0.2, 0) is 4.74 Å². The zero-order valence-corrected chi connectivity index (χ0v) is 17.7. The van der Waals surface area contributed by atoms with E-state index < -0.39 is 6.16 Å². The fourth-order valence-corrected chi connectivity index (χ4v) is 4.11. The highest BCUT2D eigenvalue weighted by Crippen LogP contribution is 2.44. The molecule has 6 heteroatoms. The maximum atomic E-state index is 12.7. The zero-order valence-electron chi connectivity index (χ0n) is 16.9. The van der Waals surface area contributed by atoms with Crippen molar-refractivity contribution in [3.8, 4) is 21.9 Å². The number of ether oxygens (including phenoxy) is 3. The molecule has 0 fully saturated rings. The van der Waals surface area contributed by atoms with Gasteiger partial charge >= 0.3 is 6.16 Å². The number of hydrogen-bond donors (Lipinski definition) is 0. The molecule has 0 aliphatic rings. The lowest BCUT2D eigenvalue weighted by Gasteiger charge is -2.08. The van der Waals surface area contributed by atoms with Crippen molar-refractivity contribution < 1.29 is 23.8 Å². The minimum atomic E-state index is -0.804. The maximum absolute atomic E-state index is 12.7. The second kappa shape index (κ2) is 9.45. The van der Waals surface area contributed by atoms with Gasteiger partial charge in [-0.25, -0.2) is 4.79 Å². The van der Waals surface area contributed by atoms with E-state index in [0.717, 1.165) is 21.2 Å². The van der Waals surface area contributed by atoms with E-state index in [2.05, 4.69) is 0 Å². The molecular weight excluding hydrogens is 412 g/mol. The Labute approximate surface area is 183 Å². The van der Waals surface area contributed by atoms with Gasteiger partial charge in [0.1, 0.15) is 0 Å². The van der Waals surface area contributed by atoms with Gasteiger partial charge in [0.25, 0.3) is 0 Å². The maximum Gasteiger partial charge on any atom is 0.514 e. The Hall–Kier alpha value is -3.64. The van der Waals surface area contributed by atoms with E-state index in [4.69, 9.17) is 14.2 Å². The Kier molecular flexibility index (Phi) is 6.29. The quantitative estimate of drug-likeness (QED) is 0.251. The van der Waals surface area contributed by atoms with Gasteiger partial charge in [-0.1, -0.05) is 78.1 Å². The van der Waals surface area contributed by atoms with Crippen LogP contribution in [0.1, 0.15) is 17.3 Å². The van der Waals surface area contributed by atoms with Gasteiger partial charge in [-0.15, -0.1) is 0 Å². The lowest BCUT2D eigenvalue weighted by atomic mass is 10.0. The number of ketones is 1. The van der Waals surface area contributed by atoms with Crippen molar-refractivity contribution in [2.75, 3.05) is 13.2 Å². The van der Waals surface area contributed by atoms with Gasteiger partial charge < -0.3 is 14.2 Å². The second-order valence-corrected chi connectivity index (χ2v) is 7.67. The van der Waals surface area contributed by atoms with Gasteiger partial charge in [-0.05, 0) is 30.2 Å². The van der Waals surface area contributed by atoms with Crippen LogP contribution in [0.3, 0.4) is 0 Å². The van der Waals surface area contributed by atoms with Gasteiger partial charge in [-0.2, -0.15) is 0 Å². The first-order valence-electron chi connectivity index (χ1n) is 9.83. The van der Waals surface area contributed by atoms with Crippen molar-refractivity contribution in [2.45, 2.75) is 6.92 Å². The third kappa shape index (κ3) is 4.75. The monoisotopic (exact) mass is 432 g/mol. The van der Waals surface area contributed by atoms with Crippen LogP contribution >= 0.6 is 11.3 Å². The molecule has 0 amide bonds. The number of Topliss-reactive ketones (excluding diaryl/α,β-unsaturated/α-hetero) is 1. The molecule has 0 saturated carbocycles. The predicted molar refractivity (Wildman–Crippen MR) is 121 cm³/mol. The summed E-state index contributed by atoms with van der Waals surface area (Å²) in [4.78, 5) is 24.5. The molecule has 5 nitrogen and oxygen atoms in total. The lowest BCUT2D eigenvalue weighted by Crippen LogP contribution is -2.13. The van der Waals surface area contributed by atoms with Gasteiger partial charge in [0.05, 0.1) is 6.61 Å². The lowest BCUT2D eigenvalue weighted by molar-refractivity contribution is 0.0916. The summed E-state index contributed by atoms with van der Waals surface area (Å²) in [5.41, 5.74) is 2.67. The molecule has 31 heavy (non-hydrogen) atoms. The fourth-order valence-electron chi connectivity index (χ4n) is 3.13. The first kappa shape index (κ1) is 20.6. The molecule has 4 aromatic rings. The molecule has 0 unspecified atom stereocenters. The Balaban J connectivity index is 1.50. The summed E-state index contributed by atoms with van der Waals surface area (Å²) in [7, 11) is 0. The third-order valence-electron chi connectivity index (χ3n) is 4.62. The summed E-state index contributed by atoms with van der Waals surface area (Å²) in [6.45, 7) is 1.73. The molecule has 0 spiro atoms. The van der Waals surface area contributed by atoms with Crippen LogP contribution in [-0.4, -0.2) is 25.2 Å². The molecule has 156 valence electrons. The molecule has 0 saturated heterocycles. The van der Waals surface area contributed by atoms with Crippen molar-refractivity contribution >= 4 is 33.4 Å². The zero-order chi connectivity index (χ0) is 21.6. The smallest absolute Gasteiger partial charge is 0.480 e. The number of rotatable bonds is 7. The molecule has 0 aliphatic carbocycles. The van der Waals surface area contributed by atoms with E-state index in [-0.39, 0.29) is 24.1 Å². The van der Waals surface area contributed by atoms with Crippen LogP contribution < -0.4 is 9.47 Å². The van der Waals surface area contributed by atoms with Crippen LogP contribution in [0, 0.1) is 0 Å². The van der Waals surface area contributed by atoms with Crippen LogP contribution in [0.5, 0.6) is 10.8 Å². The van der Waals surface area contributed by atoms with E-state index in [0.29, 0.717) is 11.3 Å². The van der Waals surface area contributed by atoms with Crippen molar-refractivity contribution in [3.05, 3.63) is 84.4 Å². The summed E-state index contributed by atoms with van der Waals surface area (Å²) < 4.78 is 16.9. The summed E-state index contributed by atoms with van der Waals surface area (Å²) >= 11 is 1.27. The molecule has 4 rings (SSSR count). The fraction of sp³-hybridized carbons (Fsp3) is 0.120. The second-order valence-electron chi connectivity index (χ2n) is 6.66. The summed E-state index contributed by atoms with van der Waals surface area (Å²) in [5.74, 6) is 0.194. The summed E-state index contributed by atoms with van der Waals surface area (Å²) in [5, 5.41) is 1.05. The molecule has 0 atom stereocenters. The summed E-state index contributed by atoms with van der Waals surface area (Å²) in [6.07, 6.45) is -0.804. The van der Waals surface area contributed by atoms with Crippen molar-refractivity contribution in [3.63, 3.8) is 0 Å². The van der Waals surface area contributed by atoms with Crippen LogP contribution in [0.2, 0.25) is 0 Å². The number of carbonyl (C=O) groups excluding carboxylic acids is 2. The molecule has 0 N–H and O–H groups in total. The number of hydrogen-bond acceptors (Lipinski definition) is 6. The predicted octanol–water partition coefficient (Wildman–Crippen LogP) is 6.37. The number of thiophene rings is 1. The van der Waals surface area contributed by atoms with Gasteiger partial charge in [0.15, 0.2) is 18.1 Å². The normalized spacial score (nSPS) is 10.6. The Morgan fingerprint density at radius 3 is 2.26 bits per heavy atom. The molecule has 1 aromatic heterocycles. The largest absolute Gasteiger partial charge is 0.514 e. The van der Waals surface area contributed by atoms with E-state index in [1.54, 1.807) is 19.1 Å². The number of benzene rings is 3. The van der Waals surface area contributed by atoms with Crippen molar-refractivity contribution in [2.24, 2.45) is 0 Å². The SMILES string of the molecule is CCOC(=O)Oc1sc2ccccc2c1OCC(=O)c1ccc(-c2ccccc2)cc1. The van der Waals surface area contributed by atoms with E-state index >= 15 is 0 Å². The van der Waals surface area contributed by atoms with Crippen LogP contribution in [0.25, 0.3) is 21.2 Å². The van der Waals surface area contributed by atoms with Crippen LogP contribution in [0.15, 0.2) is 78.9 Å². The highest BCUT2D eigenvalue weighted by Gasteiger charge is 2.20. The third-order valence-corrected chi connectivity index (χ3v) is 5.65. The van der Waals surface area contributed by atoms with E-state index in [1.165, 1.54) is 11.3 Å². The van der Waals surface area contributed by atoms with Gasteiger partial charge in [-0.3, -0.25) is 4.79 Å². The standard InChI is InChI=1S/C25H20O5S/c1-2-28-25(27)30-24-23(20-10-6-7-11-22(20)31-24)29-16-21(26)19-14-12-18(13-15-19)17-8-4-3-5-9-17/h3-15H,2,16H2,1H3. The molecular formula is C25H20O5S. The van der Waals surface area contributed by atoms with E-state index in [1.807, 2.05) is 66.7 Å². The van der Waals surface area contributed by atoms with Crippen molar-refractivity contribution in [1.29, 1.82) is 0 Å². The molecule has 1 heterocycles. The van der Waals surface area contributed by atoms with Crippen LogP contribution in [0.4, 0.5) is 4.79 Å². The molecule has 0 bridgehead atoms. The summed E-state index contributed by atoms with van der Waals surface area (Å²) in [6, 6.07) is 24.9. The van der Waals surface area contributed by atoms with Crippen molar-refractivity contribution in [1.82, 2.24) is 0 Å². The minimum absolute atomic E-state index is 0.169. The molecule has 0 radical (unpaired) electrons. The molecule has 0 aliphatic heterocycles. The number of fused-ring (bicyclic) bond motifs is 1. The average molecular weight is 432 g/mol. The van der Waals surface area contributed by atoms with E-state index in [9.17, 15) is 9.59 Å². The topological polar surface area (TPSA) is 61.8 Å². The van der Waals surface area contributed by atoms with Gasteiger partial charge in [0, 0.05) is 15.6 Å². The van der Waals surface area contributed by atoms with Gasteiger partial charge in [0.2, 0.25) is 5.06 Å². The highest BCUT2D eigenvalue weighted by molar-refractivity contribution is 7.21. The minimum Gasteiger partial charge on any atom is -0.480 e. The first-order chi connectivity index (χ1) is 15.2. The first-order valence-corrected chi connectivity index (χ1v) is 10.6. The Morgan fingerprint density at radius 1 is 0.839 bits per heavy atom. The molecule has 3 aromatic carbocycles. The number of carbonyl (C=O) groups is 2. The Bertz CT molecular complexity index is 1200. The average Bonchev–Trinajstić information content (AvgIpc) is 3.15. The Morgan fingerprint density at radius 2 is 1.52 bits per heavy atom.